The van der Waals surface area contributed by atoms with Gasteiger partial charge in [-0.25, -0.2) is 0 Å². The molecule has 0 aromatic carbocycles. The first-order valence-corrected chi connectivity index (χ1v) is 3.18. The lowest BCUT2D eigenvalue weighted by Gasteiger charge is -2.06. The lowest BCUT2D eigenvalue weighted by atomic mass is 10.1. The predicted octanol–water partition coefficient (Wildman–Crippen LogP) is 1.32. The predicted molar refractivity (Wildman–Crippen MR) is 40.8 cm³/mol. The van der Waals surface area contributed by atoms with E-state index in [9.17, 15) is 0 Å². The molecule has 0 fully saturated rings. The van der Waals surface area contributed by atoms with Crippen molar-refractivity contribution in [1.82, 2.24) is 0 Å². The second kappa shape index (κ2) is 4.27. The summed E-state index contributed by atoms with van der Waals surface area (Å²) >= 11 is 0. The minimum absolute atomic E-state index is 0.0486. The monoisotopic (exact) mass is 126 g/mol. The van der Waals surface area contributed by atoms with Crippen molar-refractivity contribution >= 4 is 6.21 Å². The average molecular weight is 126 g/mol. The Morgan fingerprint density at radius 3 is 2.44 bits per heavy atom. The van der Waals surface area contributed by atoms with Crippen LogP contribution in [0.15, 0.2) is 11.6 Å². The molecule has 0 amide bonds. The highest BCUT2D eigenvalue weighted by molar-refractivity contribution is 5.77. The molecule has 0 aliphatic heterocycles. The van der Waals surface area contributed by atoms with Gasteiger partial charge < -0.3 is 11.1 Å². The molecule has 2 nitrogen and oxygen atoms in total. The Bertz CT molecular complexity index is 116. The summed E-state index contributed by atoms with van der Waals surface area (Å²) < 4.78 is 0. The van der Waals surface area contributed by atoms with Crippen molar-refractivity contribution in [2.75, 3.05) is 0 Å². The Hall–Kier alpha value is -0.630. The SMILES string of the molecule is C/C=C(\C=N)C(N)CC. The minimum Gasteiger partial charge on any atom is -0.324 e. The number of nitrogens with two attached hydrogens (primary N) is 1. The molecule has 0 saturated carbocycles. The topological polar surface area (TPSA) is 49.9 Å². The highest BCUT2D eigenvalue weighted by atomic mass is 14.6. The highest BCUT2D eigenvalue weighted by Gasteiger charge is 2.00. The fraction of sp³-hybridized carbons (Fsp3) is 0.571. The summed E-state index contributed by atoms with van der Waals surface area (Å²) in [4.78, 5) is 0. The number of hydrogen-bond donors (Lipinski definition) is 2. The van der Waals surface area contributed by atoms with Crippen LogP contribution in [0.25, 0.3) is 0 Å². The third-order valence-electron chi connectivity index (χ3n) is 1.37. The van der Waals surface area contributed by atoms with Crippen molar-refractivity contribution in [1.29, 1.82) is 5.41 Å². The third kappa shape index (κ3) is 2.42. The first kappa shape index (κ1) is 8.37. The maximum atomic E-state index is 6.92. The van der Waals surface area contributed by atoms with E-state index in [1.165, 1.54) is 6.21 Å². The number of allylic oxidation sites excluding steroid dienone is 1. The fourth-order valence-corrected chi connectivity index (χ4v) is 0.640. The standard InChI is InChI=1S/C7H14N2/c1-3-6(5-8)7(9)4-2/h3,5,7-8H,4,9H2,1-2H3/b6-3+,8-5?. The molecule has 0 bridgehead atoms. The smallest absolute Gasteiger partial charge is 0.0303 e. The molecule has 2 heteroatoms. The molecular formula is C7H14N2. The van der Waals surface area contributed by atoms with E-state index in [4.69, 9.17) is 11.1 Å². The molecule has 9 heavy (non-hydrogen) atoms. The maximum absolute atomic E-state index is 6.92. The molecule has 0 radical (unpaired) electrons. The van der Waals surface area contributed by atoms with Gasteiger partial charge in [-0.1, -0.05) is 13.0 Å². The van der Waals surface area contributed by atoms with E-state index in [-0.39, 0.29) is 6.04 Å². The van der Waals surface area contributed by atoms with Gasteiger partial charge in [0.2, 0.25) is 0 Å². The molecule has 0 aromatic rings. The Morgan fingerprint density at radius 2 is 2.33 bits per heavy atom. The summed E-state index contributed by atoms with van der Waals surface area (Å²) in [5, 5.41) is 6.92. The normalized spacial score (nSPS) is 15.2. The molecule has 52 valence electrons. The van der Waals surface area contributed by atoms with Crippen LogP contribution in [0, 0.1) is 5.41 Å². The van der Waals surface area contributed by atoms with E-state index in [1.54, 1.807) is 0 Å². The molecule has 0 rings (SSSR count). The van der Waals surface area contributed by atoms with Crippen LogP contribution in [0.3, 0.4) is 0 Å². The van der Waals surface area contributed by atoms with Gasteiger partial charge in [0.1, 0.15) is 0 Å². The van der Waals surface area contributed by atoms with Crippen molar-refractivity contribution in [2.24, 2.45) is 5.73 Å². The zero-order valence-corrected chi connectivity index (χ0v) is 6.02. The molecule has 0 aromatic heterocycles. The summed E-state index contributed by atoms with van der Waals surface area (Å²) in [5.74, 6) is 0. The number of rotatable bonds is 3. The Morgan fingerprint density at radius 1 is 1.78 bits per heavy atom. The van der Waals surface area contributed by atoms with Crippen LogP contribution in [0.1, 0.15) is 20.3 Å². The van der Waals surface area contributed by atoms with Crippen LogP contribution in [0.4, 0.5) is 0 Å². The first-order valence-electron chi connectivity index (χ1n) is 3.18. The van der Waals surface area contributed by atoms with Gasteiger partial charge in [0, 0.05) is 12.3 Å². The summed E-state index contributed by atoms with van der Waals surface area (Å²) in [7, 11) is 0. The van der Waals surface area contributed by atoms with Crippen molar-refractivity contribution < 1.29 is 0 Å². The molecule has 0 aliphatic rings. The zero-order chi connectivity index (χ0) is 7.28. The van der Waals surface area contributed by atoms with E-state index in [1.807, 2.05) is 19.9 Å². The van der Waals surface area contributed by atoms with E-state index in [0.29, 0.717) is 0 Å². The molecule has 3 N–H and O–H groups in total. The van der Waals surface area contributed by atoms with Crippen LogP contribution >= 0.6 is 0 Å². The summed E-state index contributed by atoms with van der Waals surface area (Å²) in [6.45, 7) is 3.91. The van der Waals surface area contributed by atoms with Crippen LogP contribution in [0.5, 0.6) is 0 Å². The summed E-state index contributed by atoms with van der Waals surface area (Å²) in [5.41, 5.74) is 6.53. The van der Waals surface area contributed by atoms with Gasteiger partial charge in [-0.3, -0.25) is 0 Å². The minimum atomic E-state index is 0.0486. The fourth-order valence-electron chi connectivity index (χ4n) is 0.640. The lowest BCUT2D eigenvalue weighted by Crippen LogP contribution is -2.21. The highest BCUT2D eigenvalue weighted by Crippen LogP contribution is 1.98. The van der Waals surface area contributed by atoms with Gasteiger partial charge in [-0.15, -0.1) is 0 Å². The van der Waals surface area contributed by atoms with Gasteiger partial charge in [-0.2, -0.15) is 0 Å². The van der Waals surface area contributed by atoms with E-state index >= 15 is 0 Å². The van der Waals surface area contributed by atoms with Gasteiger partial charge in [0.05, 0.1) is 0 Å². The van der Waals surface area contributed by atoms with Crippen LogP contribution in [0.2, 0.25) is 0 Å². The Balaban J connectivity index is 3.95. The van der Waals surface area contributed by atoms with Crippen molar-refractivity contribution in [2.45, 2.75) is 26.3 Å². The lowest BCUT2D eigenvalue weighted by molar-refractivity contribution is 0.764. The molecule has 0 heterocycles. The van der Waals surface area contributed by atoms with Gasteiger partial charge in [0.25, 0.3) is 0 Å². The molecule has 1 atom stereocenters. The second-order valence-electron chi connectivity index (χ2n) is 1.95. The van der Waals surface area contributed by atoms with Crippen molar-refractivity contribution in [3.8, 4) is 0 Å². The summed E-state index contributed by atoms with van der Waals surface area (Å²) in [6, 6.07) is 0.0486. The number of hydrogen-bond acceptors (Lipinski definition) is 2. The maximum Gasteiger partial charge on any atom is 0.0303 e. The van der Waals surface area contributed by atoms with Crippen LogP contribution in [-0.4, -0.2) is 12.3 Å². The van der Waals surface area contributed by atoms with Crippen molar-refractivity contribution in [3.63, 3.8) is 0 Å². The second-order valence-corrected chi connectivity index (χ2v) is 1.95. The van der Waals surface area contributed by atoms with E-state index in [2.05, 4.69) is 0 Å². The molecular weight excluding hydrogens is 112 g/mol. The molecule has 1 unspecified atom stereocenters. The largest absolute Gasteiger partial charge is 0.324 e. The zero-order valence-electron chi connectivity index (χ0n) is 6.02. The Labute approximate surface area is 56.3 Å². The van der Waals surface area contributed by atoms with Crippen LogP contribution < -0.4 is 5.73 Å². The molecule has 0 aliphatic carbocycles. The number of nitrogens with one attached hydrogen (secondary N) is 1. The van der Waals surface area contributed by atoms with Gasteiger partial charge in [0.15, 0.2) is 0 Å². The Kier molecular flexibility index (Phi) is 3.97. The van der Waals surface area contributed by atoms with Gasteiger partial charge >= 0.3 is 0 Å². The average Bonchev–Trinajstić information content (AvgIpc) is 1.90. The molecule has 0 saturated heterocycles. The molecule has 0 spiro atoms. The van der Waals surface area contributed by atoms with Crippen LogP contribution in [-0.2, 0) is 0 Å². The first-order chi connectivity index (χ1) is 4.26. The van der Waals surface area contributed by atoms with E-state index < -0.39 is 0 Å². The van der Waals surface area contributed by atoms with Crippen molar-refractivity contribution in [3.05, 3.63) is 11.6 Å². The van der Waals surface area contributed by atoms with Gasteiger partial charge in [-0.05, 0) is 18.9 Å². The third-order valence-corrected chi connectivity index (χ3v) is 1.37. The van der Waals surface area contributed by atoms with E-state index in [0.717, 1.165) is 12.0 Å². The summed E-state index contributed by atoms with van der Waals surface area (Å²) in [6.07, 6.45) is 4.09. The quantitative estimate of drug-likeness (QED) is 0.550.